The van der Waals surface area contributed by atoms with E-state index in [1.54, 1.807) is 24.3 Å². The molecule has 0 bridgehead atoms. The van der Waals surface area contributed by atoms with Crippen molar-refractivity contribution in [2.24, 2.45) is 0 Å². The molecule has 174 valence electrons. The van der Waals surface area contributed by atoms with E-state index in [2.05, 4.69) is 15.2 Å². The number of aromatic nitrogens is 1. The molecule has 1 amide bonds. The van der Waals surface area contributed by atoms with Crippen LogP contribution in [0.15, 0.2) is 53.5 Å². The first-order valence-corrected chi connectivity index (χ1v) is 11.5. The summed E-state index contributed by atoms with van der Waals surface area (Å²) in [6.45, 7) is 4.21. The monoisotopic (exact) mass is 469 g/mol. The number of nitrogens with one attached hydrogen (secondary N) is 2. The lowest BCUT2D eigenvalue weighted by Gasteiger charge is -2.33. The van der Waals surface area contributed by atoms with Crippen LogP contribution in [0.1, 0.15) is 28.8 Å². The Balaban J connectivity index is 1.25. The van der Waals surface area contributed by atoms with Crippen molar-refractivity contribution in [2.45, 2.75) is 32.0 Å². The zero-order valence-electron chi connectivity index (χ0n) is 18.5. The van der Waals surface area contributed by atoms with Crippen molar-refractivity contribution in [3.05, 3.63) is 75.2 Å². The van der Waals surface area contributed by atoms with E-state index in [1.807, 2.05) is 25.1 Å². The molecule has 1 aliphatic rings. The third kappa shape index (κ3) is 5.74. The van der Waals surface area contributed by atoms with E-state index < -0.39 is 6.10 Å². The summed E-state index contributed by atoms with van der Waals surface area (Å²) in [5.41, 5.74) is 1.17. The lowest BCUT2D eigenvalue weighted by molar-refractivity contribution is 0.0592. The highest BCUT2D eigenvalue weighted by Gasteiger charge is 2.23. The number of aliphatic hydroxyl groups is 1. The molecule has 1 saturated heterocycles. The van der Waals surface area contributed by atoms with Crippen LogP contribution in [0.5, 0.6) is 5.75 Å². The highest BCUT2D eigenvalue weighted by Crippen LogP contribution is 2.25. The van der Waals surface area contributed by atoms with E-state index in [0.717, 1.165) is 37.2 Å². The number of rotatable bonds is 7. The van der Waals surface area contributed by atoms with Crippen molar-refractivity contribution in [1.29, 1.82) is 0 Å². The molecule has 1 fully saturated rings. The number of β-amino-alcohol motifs (C(OH)–C–C–N with tert-alkyl or cyclic N) is 1. The van der Waals surface area contributed by atoms with Crippen LogP contribution in [-0.2, 0) is 0 Å². The van der Waals surface area contributed by atoms with Gasteiger partial charge in [0.2, 0.25) is 0 Å². The predicted molar refractivity (Wildman–Crippen MR) is 129 cm³/mol. The number of H-pyrrole nitrogens is 1. The zero-order valence-corrected chi connectivity index (χ0v) is 19.3. The van der Waals surface area contributed by atoms with E-state index in [4.69, 9.17) is 16.3 Å². The van der Waals surface area contributed by atoms with Gasteiger partial charge in [-0.05, 0) is 49.6 Å². The third-order valence-electron chi connectivity index (χ3n) is 5.99. The van der Waals surface area contributed by atoms with Crippen LogP contribution in [0, 0.1) is 6.92 Å². The molecule has 1 aliphatic heterocycles. The highest BCUT2D eigenvalue weighted by atomic mass is 35.5. The summed E-state index contributed by atoms with van der Waals surface area (Å²) in [7, 11) is 0. The van der Waals surface area contributed by atoms with Crippen LogP contribution in [-0.4, -0.2) is 59.3 Å². The highest BCUT2D eigenvalue weighted by molar-refractivity contribution is 6.30. The molecule has 1 atom stereocenters. The number of nitrogens with zero attached hydrogens (tertiary/aromatic N) is 1. The molecule has 3 aromatic rings. The molecule has 0 saturated carbocycles. The van der Waals surface area contributed by atoms with Gasteiger partial charge in [-0.15, -0.1) is 0 Å². The van der Waals surface area contributed by atoms with Crippen LogP contribution in [0.4, 0.5) is 0 Å². The minimum atomic E-state index is -0.695. The van der Waals surface area contributed by atoms with Gasteiger partial charge in [0.1, 0.15) is 11.9 Å². The first kappa shape index (κ1) is 23.3. The van der Waals surface area contributed by atoms with Gasteiger partial charge in [-0.25, -0.2) is 0 Å². The summed E-state index contributed by atoms with van der Waals surface area (Å²) in [6, 6.07) is 12.6. The minimum Gasteiger partial charge on any atom is -0.490 e. The maximum absolute atomic E-state index is 12.6. The summed E-state index contributed by atoms with van der Waals surface area (Å²) in [5, 5.41) is 15.0. The number of hydrogen-bond donors (Lipinski definition) is 3. The number of amides is 1. The zero-order chi connectivity index (χ0) is 23.4. The molecule has 1 aromatic heterocycles. The Morgan fingerprint density at radius 1 is 1.24 bits per heavy atom. The third-order valence-corrected chi connectivity index (χ3v) is 6.22. The normalized spacial score (nSPS) is 16.0. The Morgan fingerprint density at radius 3 is 2.70 bits per heavy atom. The van der Waals surface area contributed by atoms with E-state index in [9.17, 15) is 14.7 Å². The average Bonchev–Trinajstić information content (AvgIpc) is 2.81. The van der Waals surface area contributed by atoms with Crippen LogP contribution >= 0.6 is 11.6 Å². The molecule has 7 nitrogen and oxygen atoms in total. The number of fused-ring (bicyclic) bond motifs is 1. The summed E-state index contributed by atoms with van der Waals surface area (Å²) in [4.78, 5) is 29.4. The number of pyridine rings is 1. The molecule has 3 N–H and O–H groups in total. The fraction of sp³-hybridized carbons (Fsp3) is 0.360. The molecule has 0 aliphatic carbocycles. The molecule has 4 rings (SSSR count). The molecule has 33 heavy (non-hydrogen) atoms. The van der Waals surface area contributed by atoms with Crippen LogP contribution in [0.25, 0.3) is 10.8 Å². The van der Waals surface area contributed by atoms with Crippen molar-refractivity contribution in [3.8, 4) is 5.75 Å². The number of likely N-dealkylation sites (tertiary alicyclic amines) is 1. The van der Waals surface area contributed by atoms with Crippen molar-refractivity contribution in [1.82, 2.24) is 15.2 Å². The lowest BCUT2D eigenvalue weighted by Crippen LogP contribution is -2.45. The van der Waals surface area contributed by atoms with Gasteiger partial charge in [-0.2, -0.15) is 0 Å². The largest absolute Gasteiger partial charge is 0.490 e. The molecular formula is C25H28ClN3O4. The maximum Gasteiger partial charge on any atom is 0.255 e. The molecule has 8 heteroatoms. The van der Waals surface area contributed by atoms with Crippen molar-refractivity contribution in [2.75, 3.05) is 26.2 Å². The molecule has 2 heterocycles. The van der Waals surface area contributed by atoms with Crippen LogP contribution in [0.3, 0.4) is 0 Å². The van der Waals surface area contributed by atoms with Gasteiger partial charge >= 0.3 is 0 Å². The number of aliphatic hydroxyl groups excluding tert-OH is 1. The number of benzene rings is 2. The van der Waals surface area contributed by atoms with Crippen molar-refractivity contribution >= 4 is 28.3 Å². The Kier molecular flexibility index (Phi) is 7.33. The maximum atomic E-state index is 12.6. The van der Waals surface area contributed by atoms with Gasteiger partial charge in [0.15, 0.2) is 0 Å². The number of ether oxygens (including phenoxy) is 1. The fourth-order valence-electron chi connectivity index (χ4n) is 4.20. The van der Waals surface area contributed by atoms with Crippen LogP contribution in [0.2, 0.25) is 5.02 Å². The minimum absolute atomic E-state index is 0.131. The number of carbonyl (C=O) groups excluding carboxylic acids is 1. The van der Waals surface area contributed by atoms with Crippen molar-refractivity contribution in [3.63, 3.8) is 0 Å². The van der Waals surface area contributed by atoms with Gasteiger partial charge in [-0.1, -0.05) is 29.8 Å². The van der Waals surface area contributed by atoms with Gasteiger partial charge in [0.05, 0.1) is 11.7 Å². The number of piperidine rings is 1. The lowest BCUT2D eigenvalue weighted by atomic mass is 10.1. The average molecular weight is 470 g/mol. The summed E-state index contributed by atoms with van der Waals surface area (Å²) in [6.07, 6.45) is 2.58. The van der Waals surface area contributed by atoms with E-state index in [1.165, 1.54) is 6.20 Å². The molecule has 2 aromatic carbocycles. The second-order valence-corrected chi connectivity index (χ2v) is 8.90. The molecular weight excluding hydrogens is 442 g/mol. The first-order valence-electron chi connectivity index (χ1n) is 11.1. The standard InChI is InChI=1S/C25H28ClN3O4/c1-16-12-17(26)6-7-23(16)33-19-8-10-29(11-9-19)15-18(30)13-27-25(32)22-14-28-24(31)21-5-3-2-4-20(21)22/h2-7,12,14,18-19,30H,8-11,13,15H2,1H3,(H,27,32)(H,28,31). The molecule has 1 unspecified atom stereocenters. The van der Waals surface area contributed by atoms with Crippen LogP contribution < -0.4 is 15.6 Å². The second-order valence-electron chi connectivity index (χ2n) is 8.47. The van der Waals surface area contributed by atoms with E-state index in [-0.39, 0.29) is 24.1 Å². The van der Waals surface area contributed by atoms with Gasteiger partial charge < -0.3 is 25.0 Å². The summed E-state index contributed by atoms with van der Waals surface area (Å²) >= 11 is 6.01. The first-order chi connectivity index (χ1) is 15.9. The topological polar surface area (TPSA) is 94.7 Å². The molecule has 0 radical (unpaired) electrons. The van der Waals surface area contributed by atoms with Crippen molar-refractivity contribution < 1.29 is 14.6 Å². The number of hydrogen-bond acceptors (Lipinski definition) is 5. The Labute approximate surface area is 197 Å². The second kappa shape index (κ2) is 10.4. The number of aryl methyl sites for hydroxylation is 1. The number of aromatic amines is 1. The predicted octanol–water partition coefficient (Wildman–Crippen LogP) is 3.12. The summed E-state index contributed by atoms with van der Waals surface area (Å²) < 4.78 is 6.14. The number of carbonyl (C=O) groups is 1. The van der Waals surface area contributed by atoms with Gasteiger partial charge in [-0.3, -0.25) is 9.59 Å². The Morgan fingerprint density at radius 2 is 1.97 bits per heavy atom. The quantitative estimate of drug-likeness (QED) is 0.494. The van der Waals surface area contributed by atoms with E-state index >= 15 is 0 Å². The summed E-state index contributed by atoms with van der Waals surface area (Å²) in [5.74, 6) is 0.530. The number of halogens is 1. The van der Waals surface area contributed by atoms with Gasteiger partial charge in [0, 0.05) is 48.2 Å². The smallest absolute Gasteiger partial charge is 0.255 e. The Bertz CT molecular complexity index is 1190. The Hall–Kier alpha value is -2.87. The van der Waals surface area contributed by atoms with Gasteiger partial charge in [0.25, 0.3) is 11.5 Å². The SMILES string of the molecule is Cc1cc(Cl)ccc1OC1CCN(CC(O)CNC(=O)c2c[nH]c(=O)c3ccccc23)CC1. The molecule has 0 spiro atoms. The fourth-order valence-corrected chi connectivity index (χ4v) is 4.43. The van der Waals surface area contributed by atoms with E-state index in [0.29, 0.717) is 27.9 Å².